The predicted octanol–water partition coefficient (Wildman–Crippen LogP) is 1.91. The van der Waals surface area contributed by atoms with Crippen LogP contribution in [0.15, 0.2) is 16.7 Å². The summed E-state index contributed by atoms with van der Waals surface area (Å²) in [4.78, 5) is 25.8. The number of aliphatic carboxylic acids is 1. The highest BCUT2D eigenvalue weighted by Crippen LogP contribution is 2.16. The Bertz CT molecular complexity index is 440. The molecule has 0 bridgehead atoms. The Hall–Kier alpha value is -1.08. The van der Waals surface area contributed by atoms with Gasteiger partial charge in [-0.2, -0.15) is 0 Å². The summed E-state index contributed by atoms with van der Waals surface area (Å²) in [5, 5.41) is 11.0. The number of carboxylic acid groups (broad SMARTS) is 1. The van der Waals surface area contributed by atoms with E-state index >= 15 is 0 Å². The molecule has 0 radical (unpaired) electrons. The first kappa shape index (κ1) is 14.0. The third-order valence-electron chi connectivity index (χ3n) is 1.76. The van der Waals surface area contributed by atoms with Gasteiger partial charge in [-0.1, -0.05) is 0 Å². The van der Waals surface area contributed by atoms with Crippen molar-refractivity contribution in [3.05, 3.63) is 22.3 Å². The van der Waals surface area contributed by atoms with Gasteiger partial charge in [0.15, 0.2) is 0 Å². The predicted molar refractivity (Wildman–Crippen MR) is 70.3 cm³/mol. The van der Waals surface area contributed by atoms with E-state index in [0.29, 0.717) is 5.82 Å². The molecule has 0 saturated heterocycles. The van der Waals surface area contributed by atoms with E-state index in [4.69, 9.17) is 5.11 Å². The van der Waals surface area contributed by atoms with Crippen molar-refractivity contribution in [2.24, 2.45) is 0 Å². The number of hydrogen-bond donors (Lipinski definition) is 2. The number of amides is 1. The maximum atomic E-state index is 11.5. The van der Waals surface area contributed by atoms with Crippen LogP contribution in [0.3, 0.4) is 0 Å². The second-order valence-electron chi connectivity index (χ2n) is 3.25. The van der Waals surface area contributed by atoms with Gasteiger partial charge < -0.3 is 10.4 Å². The van der Waals surface area contributed by atoms with Crippen LogP contribution < -0.4 is 5.32 Å². The fraction of sp³-hybridized carbons (Fsp3) is 0.300. The zero-order chi connectivity index (χ0) is 12.8. The second kappa shape index (κ2) is 6.61. The van der Waals surface area contributed by atoms with Crippen molar-refractivity contribution in [2.75, 3.05) is 16.8 Å². The molecule has 0 atom stereocenters. The van der Waals surface area contributed by atoms with E-state index in [1.165, 1.54) is 0 Å². The molecule has 5 nitrogen and oxygen atoms in total. The number of hydrogen-bond acceptors (Lipinski definition) is 4. The summed E-state index contributed by atoms with van der Waals surface area (Å²) in [7, 11) is 0. The van der Waals surface area contributed by atoms with Crippen molar-refractivity contribution >= 4 is 45.4 Å². The summed E-state index contributed by atoms with van der Waals surface area (Å²) < 4.78 is 0.841. The smallest absolute Gasteiger partial charge is 0.313 e. The number of aryl methyl sites for hydroxylation is 1. The van der Waals surface area contributed by atoms with Gasteiger partial charge >= 0.3 is 5.97 Å². The number of nitrogens with zero attached hydrogens (tertiary/aromatic N) is 1. The topological polar surface area (TPSA) is 79.3 Å². The van der Waals surface area contributed by atoms with E-state index in [1.807, 2.05) is 13.0 Å². The number of thioether (sulfide) groups is 1. The molecule has 1 amide bonds. The third kappa shape index (κ3) is 5.18. The Labute approximate surface area is 111 Å². The summed E-state index contributed by atoms with van der Waals surface area (Å²) in [6, 6.07) is 1.84. The molecular weight excluding hydrogens is 308 g/mol. The molecule has 1 rings (SSSR count). The highest BCUT2D eigenvalue weighted by Gasteiger charge is 2.07. The van der Waals surface area contributed by atoms with Crippen LogP contribution in [0.1, 0.15) is 5.56 Å². The van der Waals surface area contributed by atoms with Crippen LogP contribution in [0, 0.1) is 6.92 Å². The van der Waals surface area contributed by atoms with Crippen molar-refractivity contribution in [2.45, 2.75) is 6.92 Å². The average molecular weight is 319 g/mol. The van der Waals surface area contributed by atoms with E-state index in [-0.39, 0.29) is 17.4 Å². The molecule has 92 valence electrons. The van der Waals surface area contributed by atoms with Crippen molar-refractivity contribution in [1.29, 1.82) is 0 Å². The average Bonchev–Trinajstić information content (AvgIpc) is 2.21. The minimum atomic E-state index is -0.930. The standard InChI is InChI=1S/C10H11BrN2O3S/c1-6-2-7(11)3-12-10(6)13-8(14)4-17-5-9(15)16/h2-3H,4-5H2,1H3,(H,15,16)(H,12,13,14). The van der Waals surface area contributed by atoms with Gasteiger partial charge in [0.2, 0.25) is 5.91 Å². The van der Waals surface area contributed by atoms with Gasteiger partial charge in [0.05, 0.1) is 11.5 Å². The molecule has 1 heterocycles. The number of carbonyl (C=O) groups is 2. The molecule has 0 unspecified atom stereocenters. The van der Waals surface area contributed by atoms with Crippen LogP contribution in [0.5, 0.6) is 0 Å². The van der Waals surface area contributed by atoms with E-state index in [0.717, 1.165) is 21.8 Å². The number of carbonyl (C=O) groups excluding carboxylic acids is 1. The Morgan fingerprint density at radius 1 is 1.53 bits per heavy atom. The van der Waals surface area contributed by atoms with Crippen LogP contribution in [0.2, 0.25) is 0 Å². The number of anilines is 1. The minimum Gasteiger partial charge on any atom is -0.481 e. The Morgan fingerprint density at radius 2 is 2.24 bits per heavy atom. The van der Waals surface area contributed by atoms with Gasteiger partial charge in [0.1, 0.15) is 5.82 Å². The third-order valence-corrected chi connectivity index (χ3v) is 3.11. The van der Waals surface area contributed by atoms with Gasteiger partial charge in [0.25, 0.3) is 0 Å². The number of halogens is 1. The highest BCUT2D eigenvalue weighted by atomic mass is 79.9. The summed E-state index contributed by atoms with van der Waals surface area (Å²) in [5.74, 6) is -0.673. The fourth-order valence-electron chi connectivity index (χ4n) is 1.07. The summed E-state index contributed by atoms with van der Waals surface area (Å²) in [6.45, 7) is 1.83. The zero-order valence-corrected chi connectivity index (χ0v) is 11.5. The lowest BCUT2D eigenvalue weighted by Crippen LogP contribution is -2.17. The molecule has 0 aliphatic rings. The number of carboxylic acids is 1. The molecule has 7 heteroatoms. The van der Waals surface area contributed by atoms with Crippen LogP contribution >= 0.6 is 27.7 Å². The monoisotopic (exact) mass is 318 g/mol. The summed E-state index contributed by atoms with van der Waals surface area (Å²) >= 11 is 4.32. The van der Waals surface area contributed by atoms with Crippen LogP contribution in [-0.2, 0) is 9.59 Å². The van der Waals surface area contributed by atoms with Crippen molar-refractivity contribution in [3.63, 3.8) is 0 Å². The Kier molecular flexibility index (Phi) is 5.43. The van der Waals surface area contributed by atoms with Crippen molar-refractivity contribution < 1.29 is 14.7 Å². The summed E-state index contributed by atoms with van der Waals surface area (Å²) in [5.41, 5.74) is 0.843. The summed E-state index contributed by atoms with van der Waals surface area (Å²) in [6.07, 6.45) is 1.59. The number of pyridine rings is 1. The van der Waals surface area contributed by atoms with Crippen LogP contribution in [0.4, 0.5) is 5.82 Å². The molecule has 0 spiro atoms. The van der Waals surface area contributed by atoms with Gasteiger partial charge in [0, 0.05) is 10.7 Å². The van der Waals surface area contributed by atoms with E-state index in [1.54, 1.807) is 6.20 Å². The lowest BCUT2D eigenvalue weighted by molar-refractivity contribution is -0.133. The van der Waals surface area contributed by atoms with Gasteiger partial charge in [-0.05, 0) is 34.5 Å². The number of nitrogens with one attached hydrogen (secondary N) is 1. The first-order valence-electron chi connectivity index (χ1n) is 4.70. The van der Waals surface area contributed by atoms with E-state index < -0.39 is 5.97 Å². The number of rotatable bonds is 5. The minimum absolute atomic E-state index is 0.0832. The van der Waals surface area contributed by atoms with Gasteiger partial charge in [-0.3, -0.25) is 9.59 Å². The van der Waals surface area contributed by atoms with Crippen LogP contribution in [0.25, 0.3) is 0 Å². The highest BCUT2D eigenvalue weighted by molar-refractivity contribution is 9.10. The molecule has 0 fully saturated rings. The lowest BCUT2D eigenvalue weighted by Gasteiger charge is -2.06. The normalized spacial score (nSPS) is 10.0. The molecule has 0 aromatic carbocycles. The van der Waals surface area contributed by atoms with Crippen LogP contribution in [-0.4, -0.2) is 33.5 Å². The fourth-order valence-corrected chi connectivity index (χ4v) is 2.05. The van der Waals surface area contributed by atoms with E-state index in [2.05, 4.69) is 26.2 Å². The molecule has 0 saturated carbocycles. The Morgan fingerprint density at radius 3 is 2.82 bits per heavy atom. The van der Waals surface area contributed by atoms with Crippen molar-refractivity contribution in [3.8, 4) is 0 Å². The van der Waals surface area contributed by atoms with Gasteiger partial charge in [-0.25, -0.2) is 4.98 Å². The lowest BCUT2D eigenvalue weighted by atomic mass is 10.3. The molecule has 1 aromatic rings. The van der Waals surface area contributed by atoms with E-state index in [9.17, 15) is 9.59 Å². The Balaban J connectivity index is 2.48. The SMILES string of the molecule is Cc1cc(Br)cnc1NC(=O)CSCC(=O)O. The number of aromatic nitrogens is 1. The first-order chi connectivity index (χ1) is 7.99. The zero-order valence-electron chi connectivity index (χ0n) is 9.07. The molecule has 17 heavy (non-hydrogen) atoms. The quantitative estimate of drug-likeness (QED) is 0.867. The molecule has 2 N–H and O–H groups in total. The molecular formula is C10H11BrN2O3S. The maximum absolute atomic E-state index is 11.5. The molecule has 1 aromatic heterocycles. The second-order valence-corrected chi connectivity index (χ2v) is 5.16. The molecule has 0 aliphatic heterocycles. The molecule has 0 aliphatic carbocycles. The first-order valence-corrected chi connectivity index (χ1v) is 6.65. The maximum Gasteiger partial charge on any atom is 0.313 e. The largest absolute Gasteiger partial charge is 0.481 e. The van der Waals surface area contributed by atoms with Gasteiger partial charge in [-0.15, -0.1) is 11.8 Å². The van der Waals surface area contributed by atoms with Crippen molar-refractivity contribution in [1.82, 2.24) is 4.98 Å².